The fourth-order valence-electron chi connectivity index (χ4n) is 8.83. The highest BCUT2D eigenvalue weighted by molar-refractivity contribution is 6.20. The van der Waals surface area contributed by atoms with Crippen molar-refractivity contribution in [3.05, 3.63) is 231 Å². The second-order valence-corrected chi connectivity index (χ2v) is 14.9. The lowest BCUT2D eigenvalue weighted by atomic mass is 9.95. The first-order valence-corrected chi connectivity index (χ1v) is 19.9. The number of nitrogens with zero attached hydrogens (tertiary/aromatic N) is 2. The Labute approximate surface area is 338 Å². The molecule has 2 heterocycles. The molecule has 0 radical (unpaired) electrons. The Morgan fingerprint density at radius 1 is 0.328 bits per heavy atom. The van der Waals surface area contributed by atoms with E-state index in [1.54, 1.807) is 0 Å². The highest BCUT2D eigenvalue weighted by atomic mass is 15.1. The van der Waals surface area contributed by atoms with Crippen molar-refractivity contribution in [2.75, 3.05) is 4.90 Å². The third-order valence-corrected chi connectivity index (χ3v) is 11.6. The van der Waals surface area contributed by atoms with Crippen LogP contribution < -0.4 is 4.90 Å². The van der Waals surface area contributed by atoms with E-state index in [9.17, 15) is 0 Å². The van der Waals surface area contributed by atoms with Gasteiger partial charge < -0.3 is 9.30 Å². The first-order valence-electron chi connectivity index (χ1n) is 19.9. The van der Waals surface area contributed by atoms with Crippen molar-refractivity contribution in [2.24, 2.45) is 0 Å². The summed E-state index contributed by atoms with van der Waals surface area (Å²) in [6.07, 6.45) is 2.21. The first kappa shape index (κ1) is 33.6. The van der Waals surface area contributed by atoms with E-state index in [4.69, 9.17) is 0 Å². The van der Waals surface area contributed by atoms with E-state index >= 15 is 0 Å². The van der Waals surface area contributed by atoms with Crippen molar-refractivity contribution in [1.82, 2.24) is 4.40 Å². The molecule has 0 aliphatic carbocycles. The lowest BCUT2D eigenvalue weighted by Crippen LogP contribution is -2.10. The number of rotatable bonds is 7. The Morgan fingerprint density at radius 2 is 0.828 bits per heavy atom. The lowest BCUT2D eigenvalue weighted by molar-refractivity contribution is 1.26. The highest BCUT2D eigenvalue weighted by Gasteiger charge is 2.20. The van der Waals surface area contributed by atoms with Crippen LogP contribution in [0.25, 0.3) is 82.5 Å². The van der Waals surface area contributed by atoms with Gasteiger partial charge in [-0.25, -0.2) is 0 Å². The van der Waals surface area contributed by atoms with Gasteiger partial charge >= 0.3 is 0 Å². The van der Waals surface area contributed by atoms with Crippen molar-refractivity contribution in [3.63, 3.8) is 0 Å². The molecule has 0 saturated carbocycles. The molecule has 0 amide bonds. The molecule has 0 aliphatic heterocycles. The van der Waals surface area contributed by atoms with Crippen LogP contribution in [-0.2, 0) is 0 Å². The van der Waals surface area contributed by atoms with Crippen molar-refractivity contribution >= 4 is 55.0 Å². The van der Waals surface area contributed by atoms with E-state index in [0.29, 0.717) is 0 Å². The predicted molar refractivity (Wildman–Crippen MR) is 246 cm³/mol. The Balaban J connectivity index is 0.984. The molecule has 11 rings (SSSR count). The summed E-state index contributed by atoms with van der Waals surface area (Å²) >= 11 is 0. The molecule has 0 fully saturated rings. The molecule has 2 aromatic heterocycles. The number of benzene rings is 9. The molecule has 272 valence electrons. The zero-order valence-electron chi connectivity index (χ0n) is 31.8. The van der Waals surface area contributed by atoms with E-state index < -0.39 is 0 Å². The number of fused-ring (bicyclic) bond motifs is 6. The van der Waals surface area contributed by atoms with Gasteiger partial charge in [-0.15, -0.1) is 0 Å². The van der Waals surface area contributed by atoms with E-state index in [1.807, 2.05) is 0 Å². The number of aromatic nitrogens is 1. The molecule has 0 spiro atoms. The Morgan fingerprint density at radius 3 is 1.48 bits per heavy atom. The lowest BCUT2D eigenvalue weighted by Gasteiger charge is -2.27. The van der Waals surface area contributed by atoms with Crippen molar-refractivity contribution in [2.45, 2.75) is 0 Å². The fourth-order valence-corrected chi connectivity index (χ4v) is 8.83. The zero-order chi connectivity index (χ0) is 38.4. The number of pyridine rings is 1. The minimum Gasteiger partial charge on any atom is -0.315 e. The van der Waals surface area contributed by atoms with Gasteiger partial charge in [-0.05, 0) is 92.0 Å². The summed E-state index contributed by atoms with van der Waals surface area (Å²) in [7, 11) is 0. The second-order valence-electron chi connectivity index (χ2n) is 14.9. The smallest absolute Gasteiger partial charge is 0.0619 e. The van der Waals surface area contributed by atoms with Crippen LogP contribution in [0.2, 0.25) is 0 Å². The van der Waals surface area contributed by atoms with Gasteiger partial charge in [0.15, 0.2) is 0 Å². The maximum absolute atomic E-state index is 2.38. The van der Waals surface area contributed by atoms with Gasteiger partial charge in [-0.3, -0.25) is 0 Å². The monoisotopic (exact) mass is 738 g/mol. The largest absolute Gasteiger partial charge is 0.315 e. The van der Waals surface area contributed by atoms with Gasteiger partial charge in [0.2, 0.25) is 0 Å². The summed E-state index contributed by atoms with van der Waals surface area (Å²) in [6.45, 7) is 0. The Kier molecular flexibility index (Phi) is 8.19. The molecule has 9 aromatic carbocycles. The molecule has 0 atom stereocenters. The minimum atomic E-state index is 1.11. The second kappa shape index (κ2) is 14.1. The maximum atomic E-state index is 2.38. The molecule has 11 aromatic rings. The van der Waals surface area contributed by atoms with E-state index in [1.165, 1.54) is 82.5 Å². The van der Waals surface area contributed by atoms with Crippen LogP contribution in [0.1, 0.15) is 0 Å². The molecule has 2 heteroatoms. The fraction of sp³-hybridized carbons (Fsp3) is 0. The van der Waals surface area contributed by atoms with Crippen LogP contribution in [0.15, 0.2) is 231 Å². The highest BCUT2D eigenvalue weighted by Crippen LogP contribution is 2.44. The maximum Gasteiger partial charge on any atom is 0.0619 e. The van der Waals surface area contributed by atoms with Crippen molar-refractivity contribution in [3.8, 4) is 44.5 Å². The van der Waals surface area contributed by atoms with E-state index in [-0.39, 0.29) is 0 Å². The molecule has 0 N–H and O–H groups in total. The van der Waals surface area contributed by atoms with Gasteiger partial charge in [0.25, 0.3) is 0 Å². The van der Waals surface area contributed by atoms with Crippen LogP contribution in [0.4, 0.5) is 17.1 Å². The number of hydrogen-bond donors (Lipinski definition) is 0. The number of hydrogen-bond acceptors (Lipinski definition) is 1. The summed E-state index contributed by atoms with van der Waals surface area (Å²) in [6, 6.07) is 81.3. The average molecular weight is 739 g/mol. The van der Waals surface area contributed by atoms with Crippen LogP contribution in [0.3, 0.4) is 0 Å². The summed E-state index contributed by atoms with van der Waals surface area (Å²) in [5, 5.41) is 6.25. The molecule has 2 nitrogen and oxygen atoms in total. The normalized spacial score (nSPS) is 11.4. The topological polar surface area (TPSA) is 7.65 Å². The first-order chi connectivity index (χ1) is 28.8. The van der Waals surface area contributed by atoms with Gasteiger partial charge in [-0.2, -0.15) is 0 Å². The quantitative estimate of drug-likeness (QED) is 0.158. The van der Waals surface area contributed by atoms with Gasteiger partial charge in [0, 0.05) is 39.5 Å². The van der Waals surface area contributed by atoms with Gasteiger partial charge in [0.1, 0.15) is 0 Å². The third-order valence-electron chi connectivity index (χ3n) is 11.6. The number of anilines is 3. The Hall–Kier alpha value is -7.68. The zero-order valence-corrected chi connectivity index (χ0v) is 31.8. The van der Waals surface area contributed by atoms with Crippen LogP contribution in [0, 0.1) is 0 Å². The van der Waals surface area contributed by atoms with Crippen molar-refractivity contribution in [1.29, 1.82) is 0 Å². The minimum absolute atomic E-state index is 1.11. The average Bonchev–Trinajstić information content (AvgIpc) is 3.66. The van der Waals surface area contributed by atoms with Crippen LogP contribution in [-0.4, -0.2) is 4.40 Å². The third kappa shape index (κ3) is 5.74. The molecular formula is C56H38N2. The molecule has 0 unspecified atom stereocenters. The summed E-state index contributed by atoms with van der Waals surface area (Å²) in [4.78, 5) is 2.37. The molecule has 0 bridgehead atoms. The Bertz CT molecular complexity index is 3230. The van der Waals surface area contributed by atoms with Crippen molar-refractivity contribution < 1.29 is 0 Å². The summed E-state index contributed by atoms with van der Waals surface area (Å²) < 4.78 is 2.38. The molecule has 0 saturated heterocycles. The molecular weight excluding hydrogens is 701 g/mol. The van der Waals surface area contributed by atoms with Crippen LogP contribution >= 0.6 is 0 Å². The SMILES string of the molecule is c1ccc(-c2ccc(N(c3ccc(-c4ccc(-c5cccn6c5c(-c5ccccc5)c5c7ccccc7ccc56)cc4)cc3)c3cccc4ccccc34)cc2)cc1. The molecule has 0 aliphatic rings. The molecule has 58 heavy (non-hydrogen) atoms. The predicted octanol–water partition coefficient (Wildman–Crippen LogP) is 15.5. The standard InChI is InChI=1S/C56H38N2/c1-3-13-39(14-4-1)41-28-33-47(34-29-41)58(52-23-11-19-43-15-7-9-20-49(43)52)48-35-30-42(31-36-48)40-24-26-45(27-25-40)51-22-12-38-57-53-37-32-44-16-8-10-21-50(44)55(53)54(56(51)57)46-17-5-2-6-18-46/h1-38H. The van der Waals surface area contributed by atoms with Gasteiger partial charge in [-0.1, -0.05) is 182 Å². The van der Waals surface area contributed by atoms with E-state index in [2.05, 4.69) is 240 Å². The summed E-state index contributed by atoms with van der Waals surface area (Å²) in [5.41, 5.74) is 15.5. The van der Waals surface area contributed by atoms with E-state index in [0.717, 1.165) is 17.1 Å². The van der Waals surface area contributed by atoms with Gasteiger partial charge in [0.05, 0.1) is 16.7 Å². The summed E-state index contributed by atoms with van der Waals surface area (Å²) in [5.74, 6) is 0. The van der Waals surface area contributed by atoms with Crippen LogP contribution in [0.5, 0.6) is 0 Å².